The molecule has 4 aliphatic carbocycles. The summed E-state index contributed by atoms with van der Waals surface area (Å²) in [5.74, 6) is 2.92. The van der Waals surface area contributed by atoms with Crippen molar-refractivity contribution >= 4 is 5.91 Å². The molecule has 1 N–H and O–H groups in total. The number of piperidine rings is 1. The Morgan fingerprint density at radius 2 is 1.80 bits per heavy atom. The standard InChI is InChI=1S/C35H52FNO3/c1-4-35-20-19-34(39,23-40-5-2)22-25(35)11-14-27-28-15-16-30(33(28,3)18-17-29(27)35)32(38)37-21-7-6-8-31(37)24-9-12-26(36)13-10-24/h9-10,12-13,25,27-31,39H,4-8,11,14-23H2,1-3H3/t25-,27+,28+,29+,30-,31-,33+,34-,35?/m1/s1. The summed E-state index contributed by atoms with van der Waals surface area (Å²) < 4.78 is 19.4. The van der Waals surface area contributed by atoms with Crippen LogP contribution in [-0.4, -0.2) is 41.3 Å². The largest absolute Gasteiger partial charge is 0.387 e. The Bertz CT molecular complexity index is 1060. The fourth-order valence-electron chi connectivity index (χ4n) is 11.1. The number of ether oxygens (including phenoxy) is 1. The molecule has 1 saturated heterocycles. The third-order valence-electron chi connectivity index (χ3n) is 13.1. The van der Waals surface area contributed by atoms with Crippen molar-refractivity contribution in [2.45, 2.75) is 116 Å². The smallest absolute Gasteiger partial charge is 0.226 e. The topological polar surface area (TPSA) is 49.8 Å². The van der Waals surface area contributed by atoms with Gasteiger partial charge in [0, 0.05) is 19.1 Å². The summed E-state index contributed by atoms with van der Waals surface area (Å²) in [5, 5.41) is 11.4. The van der Waals surface area contributed by atoms with Gasteiger partial charge in [0.1, 0.15) is 5.82 Å². The first-order valence-corrected chi connectivity index (χ1v) is 16.6. The zero-order valence-electron chi connectivity index (χ0n) is 25.2. The van der Waals surface area contributed by atoms with Crippen LogP contribution in [0.15, 0.2) is 24.3 Å². The number of rotatable bonds is 6. The minimum atomic E-state index is -0.657. The maximum absolute atomic E-state index is 14.4. The average Bonchev–Trinajstić information content (AvgIpc) is 3.33. The van der Waals surface area contributed by atoms with Crippen LogP contribution in [0.3, 0.4) is 0 Å². The van der Waals surface area contributed by atoms with E-state index in [4.69, 9.17) is 4.74 Å². The molecule has 0 spiro atoms. The minimum Gasteiger partial charge on any atom is -0.387 e. The van der Waals surface area contributed by atoms with Gasteiger partial charge in [-0.3, -0.25) is 4.79 Å². The first-order valence-electron chi connectivity index (χ1n) is 16.6. The highest BCUT2D eigenvalue weighted by Gasteiger charge is 2.63. The van der Waals surface area contributed by atoms with Crippen molar-refractivity contribution in [2.75, 3.05) is 19.8 Å². The molecule has 222 valence electrons. The summed E-state index contributed by atoms with van der Waals surface area (Å²) in [6, 6.07) is 6.95. The van der Waals surface area contributed by atoms with Crippen molar-refractivity contribution in [3.63, 3.8) is 0 Å². The highest BCUT2D eigenvalue weighted by Crippen LogP contribution is 2.69. The molecule has 1 aromatic rings. The van der Waals surface area contributed by atoms with Crippen LogP contribution < -0.4 is 0 Å². The monoisotopic (exact) mass is 553 g/mol. The Morgan fingerprint density at radius 1 is 1.00 bits per heavy atom. The molecule has 1 aliphatic heterocycles. The number of hydrogen-bond donors (Lipinski definition) is 1. The van der Waals surface area contributed by atoms with Gasteiger partial charge >= 0.3 is 0 Å². The number of carbonyl (C=O) groups excluding carboxylic acids is 1. The fraction of sp³-hybridized carbons (Fsp3) is 0.800. The number of halogens is 1. The Labute approximate surface area is 241 Å². The first kappa shape index (κ1) is 28.6. The van der Waals surface area contributed by atoms with Gasteiger partial charge in [0.05, 0.1) is 18.2 Å². The number of aliphatic hydroxyl groups is 1. The lowest BCUT2D eigenvalue weighted by Gasteiger charge is -2.63. The van der Waals surface area contributed by atoms with E-state index in [0.717, 1.165) is 69.4 Å². The van der Waals surface area contributed by atoms with Gasteiger partial charge in [0.15, 0.2) is 0 Å². The Kier molecular flexibility index (Phi) is 7.87. The number of hydrogen-bond acceptors (Lipinski definition) is 3. The molecule has 0 aromatic heterocycles. The van der Waals surface area contributed by atoms with Crippen molar-refractivity contribution in [3.8, 4) is 0 Å². The van der Waals surface area contributed by atoms with E-state index in [1.165, 1.54) is 32.1 Å². The summed E-state index contributed by atoms with van der Waals surface area (Å²) >= 11 is 0. The number of benzene rings is 1. The molecule has 5 heteroatoms. The van der Waals surface area contributed by atoms with Crippen LogP contribution >= 0.6 is 0 Å². The molecule has 1 heterocycles. The average molecular weight is 554 g/mol. The Balaban J connectivity index is 1.20. The van der Waals surface area contributed by atoms with E-state index in [-0.39, 0.29) is 23.2 Å². The molecule has 1 unspecified atom stereocenters. The summed E-state index contributed by atoms with van der Waals surface area (Å²) in [6.45, 7) is 8.86. The van der Waals surface area contributed by atoms with Crippen molar-refractivity contribution in [3.05, 3.63) is 35.6 Å². The number of carbonyl (C=O) groups is 1. The molecule has 0 radical (unpaired) electrons. The highest BCUT2D eigenvalue weighted by molar-refractivity contribution is 5.81. The van der Waals surface area contributed by atoms with Crippen LogP contribution in [0.2, 0.25) is 0 Å². The van der Waals surface area contributed by atoms with Gasteiger partial charge in [-0.2, -0.15) is 0 Å². The second kappa shape index (κ2) is 11.0. The number of fused-ring (bicyclic) bond motifs is 5. The van der Waals surface area contributed by atoms with E-state index >= 15 is 0 Å². The lowest BCUT2D eigenvalue weighted by molar-refractivity contribution is -0.175. The second-order valence-electron chi connectivity index (χ2n) is 14.6. The predicted molar refractivity (Wildman–Crippen MR) is 156 cm³/mol. The quantitative estimate of drug-likeness (QED) is 0.393. The summed E-state index contributed by atoms with van der Waals surface area (Å²) in [5.41, 5.74) is 0.846. The Hall–Kier alpha value is -1.46. The van der Waals surface area contributed by atoms with Gasteiger partial charge in [0.25, 0.3) is 0 Å². The zero-order valence-corrected chi connectivity index (χ0v) is 25.2. The molecule has 1 aromatic carbocycles. The molecule has 5 aliphatic rings. The lowest BCUT2D eigenvalue weighted by atomic mass is 9.42. The van der Waals surface area contributed by atoms with Crippen LogP contribution in [-0.2, 0) is 9.53 Å². The normalized spacial score (nSPS) is 43.1. The number of nitrogens with zero attached hydrogens (tertiary/aromatic N) is 1. The SMILES string of the molecule is CCOC[C@@]1(O)CCC2(CC)[C@H](CC[C@@H]3[C@@H]2CC[C@]2(C)[C@@H](C(=O)N4CCCC[C@@H]4c4ccc(F)cc4)CC[C@@H]32)C1. The van der Waals surface area contributed by atoms with Gasteiger partial charge in [-0.15, -0.1) is 0 Å². The molecular formula is C35H52FNO3. The van der Waals surface area contributed by atoms with E-state index in [2.05, 4.69) is 18.7 Å². The van der Waals surface area contributed by atoms with E-state index in [1.807, 2.05) is 19.1 Å². The van der Waals surface area contributed by atoms with Gasteiger partial charge < -0.3 is 14.7 Å². The van der Waals surface area contributed by atoms with Gasteiger partial charge in [-0.25, -0.2) is 4.39 Å². The fourth-order valence-corrected chi connectivity index (χ4v) is 11.1. The first-order chi connectivity index (χ1) is 19.2. The van der Waals surface area contributed by atoms with Crippen molar-refractivity contribution in [1.82, 2.24) is 4.90 Å². The third-order valence-corrected chi connectivity index (χ3v) is 13.1. The molecule has 0 bridgehead atoms. The molecule has 1 amide bonds. The van der Waals surface area contributed by atoms with E-state index in [9.17, 15) is 14.3 Å². The van der Waals surface area contributed by atoms with E-state index in [0.29, 0.717) is 42.3 Å². The van der Waals surface area contributed by atoms with Gasteiger partial charge in [0.2, 0.25) is 5.91 Å². The zero-order chi connectivity index (χ0) is 28.1. The van der Waals surface area contributed by atoms with Crippen LogP contribution in [0.25, 0.3) is 0 Å². The molecule has 9 atom stereocenters. The van der Waals surface area contributed by atoms with Crippen molar-refractivity contribution < 1.29 is 19.0 Å². The molecule has 40 heavy (non-hydrogen) atoms. The van der Waals surface area contributed by atoms with E-state index in [1.54, 1.807) is 12.1 Å². The number of likely N-dealkylation sites (tertiary alicyclic amines) is 1. The molecule has 6 rings (SSSR count). The number of amides is 1. The van der Waals surface area contributed by atoms with E-state index < -0.39 is 5.60 Å². The molecule has 5 fully saturated rings. The van der Waals surface area contributed by atoms with Gasteiger partial charge in [-0.05, 0) is 143 Å². The molecule has 4 nitrogen and oxygen atoms in total. The lowest BCUT2D eigenvalue weighted by Crippen LogP contribution is -2.58. The molecular weight excluding hydrogens is 501 g/mol. The van der Waals surface area contributed by atoms with Crippen LogP contribution in [0.5, 0.6) is 0 Å². The predicted octanol–water partition coefficient (Wildman–Crippen LogP) is 7.70. The maximum atomic E-state index is 14.4. The third kappa shape index (κ3) is 4.66. The maximum Gasteiger partial charge on any atom is 0.226 e. The summed E-state index contributed by atoms with van der Waals surface area (Å²) in [4.78, 5) is 16.6. The highest BCUT2D eigenvalue weighted by atomic mass is 19.1. The van der Waals surface area contributed by atoms with Crippen molar-refractivity contribution in [1.29, 1.82) is 0 Å². The molecule has 4 saturated carbocycles. The van der Waals surface area contributed by atoms with Gasteiger partial charge in [-0.1, -0.05) is 26.0 Å². The summed E-state index contributed by atoms with van der Waals surface area (Å²) in [6.07, 6.45) is 14.3. The minimum absolute atomic E-state index is 0.0786. The Morgan fingerprint density at radius 3 is 2.55 bits per heavy atom. The summed E-state index contributed by atoms with van der Waals surface area (Å²) in [7, 11) is 0. The van der Waals surface area contributed by atoms with Crippen LogP contribution in [0.1, 0.15) is 116 Å². The van der Waals surface area contributed by atoms with Crippen LogP contribution in [0.4, 0.5) is 4.39 Å². The second-order valence-corrected chi connectivity index (χ2v) is 14.6. The van der Waals surface area contributed by atoms with Crippen molar-refractivity contribution in [2.24, 2.45) is 40.4 Å². The van der Waals surface area contributed by atoms with Crippen LogP contribution in [0, 0.1) is 46.2 Å².